The Hall–Kier alpha value is -1.16. The highest BCUT2D eigenvalue weighted by Crippen LogP contribution is 2.19. The summed E-state index contributed by atoms with van der Waals surface area (Å²) in [6.07, 6.45) is 5.03. The Morgan fingerprint density at radius 1 is 1.50 bits per heavy atom. The summed E-state index contributed by atoms with van der Waals surface area (Å²) in [5.74, 6) is 0.726. The molecule has 0 aromatic carbocycles. The number of hydrogen-bond donors (Lipinski definition) is 2. The summed E-state index contributed by atoms with van der Waals surface area (Å²) in [5.41, 5.74) is 6.82. The third kappa shape index (κ3) is 2.20. The fourth-order valence-electron chi connectivity index (χ4n) is 1.85. The molecule has 4 nitrogen and oxygen atoms in total. The topological polar surface area (TPSA) is 63.8 Å². The predicted molar refractivity (Wildman–Crippen MR) is 56.0 cm³/mol. The van der Waals surface area contributed by atoms with Gasteiger partial charge in [0.1, 0.15) is 0 Å². The first-order chi connectivity index (χ1) is 6.74. The quantitative estimate of drug-likeness (QED) is 0.736. The Kier molecular flexibility index (Phi) is 2.63. The Balaban J connectivity index is 1.97. The van der Waals surface area contributed by atoms with Crippen molar-refractivity contribution in [1.82, 2.24) is 9.97 Å². The van der Waals surface area contributed by atoms with Crippen molar-refractivity contribution in [3.8, 4) is 0 Å². The fourth-order valence-corrected chi connectivity index (χ4v) is 1.85. The van der Waals surface area contributed by atoms with Crippen LogP contribution < -0.4 is 11.1 Å². The van der Waals surface area contributed by atoms with Gasteiger partial charge in [-0.15, -0.1) is 0 Å². The number of anilines is 1. The van der Waals surface area contributed by atoms with Crippen LogP contribution in [0.1, 0.15) is 25.0 Å². The molecule has 1 aliphatic carbocycles. The van der Waals surface area contributed by atoms with Crippen LogP contribution in [0, 0.1) is 6.92 Å². The third-order valence-electron chi connectivity index (χ3n) is 2.60. The van der Waals surface area contributed by atoms with Crippen LogP contribution in [0.15, 0.2) is 12.3 Å². The zero-order valence-electron chi connectivity index (χ0n) is 8.40. The lowest BCUT2D eigenvalue weighted by Crippen LogP contribution is -2.21. The van der Waals surface area contributed by atoms with Gasteiger partial charge < -0.3 is 11.1 Å². The zero-order chi connectivity index (χ0) is 9.97. The van der Waals surface area contributed by atoms with E-state index in [1.807, 2.05) is 13.0 Å². The maximum absolute atomic E-state index is 5.83. The molecule has 1 aliphatic rings. The molecule has 2 atom stereocenters. The molecule has 0 aliphatic heterocycles. The zero-order valence-corrected chi connectivity index (χ0v) is 8.40. The summed E-state index contributed by atoms with van der Waals surface area (Å²) in [4.78, 5) is 8.46. The van der Waals surface area contributed by atoms with Gasteiger partial charge in [0, 0.05) is 24.0 Å². The van der Waals surface area contributed by atoms with Crippen LogP contribution in [0.3, 0.4) is 0 Å². The standard InChI is InChI=1S/C10H16N4/c1-7-4-5-12-10(13-7)14-9-3-2-8(11)6-9/h4-5,8-9H,2-3,6,11H2,1H3,(H,12,13,14). The van der Waals surface area contributed by atoms with Crippen molar-refractivity contribution in [3.63, 3.8) is 0 Å². The molecule has 76 valence electrons. The molecule has 2 unspecified atom stereocenters. The number of hydrogen-bond acceptors (Lipinski definition) is 4. The number of aromatic nitrogens is 2. The molecule has 14 heavy (non-hydrogen) atoms. The van der Waals surface area contributed by atoms with Crippen LogP contribution in [-0.2, 0) is 0 Å². The van der Waals surface area contributed by atoms with E-state index in [-0.39, 0.29) is 0 Å². The van der Waals surface area contributed by atoms with Crippen molar-refractivity contribution in [3.05, 3.63) is 18.0 Å². The summed E-state index contributed by atoms with van der Waals surface area (Å²) in [6, 6.07) is 2.69. The van der Waals surface area contributed by atoms with E-state index < -0.39 is 0 Å². The number of aryl methyl sites for hydroxylation is 1. The third-order valence-corrected chi connectivity index (χ3v) is 2.60. The average Bonchev–Trinajstić information content (AvgIpc) is 2.51. The van der Waals surface area contributed by atoms with E-state index in [9.17, 15) is 0 Å². The Labute approximate surface area is 83.9 Å². The first-order valence-electron chi connectivity index (χ1n) is 5.06. The number of nitrogens with zero attached hydrogens (tertiary/aromatic N) is 2. The highest BCUT2D eigenvalue weighted by atomic mass is 15.1. The van der Waals surface area contributed by atoms with Gasteiger partial charge >= 0.3 is 0 Å². The normalized spacial score (nSPS) is 26.4. The molecule has 1 saturated carbocycles. The molecular formula is C10H16N4. The van der Waals surface area contributed by atoms with Crippen LogP contribution in [-0.4, -0.2) is 22.1 Å². The van der Waals surface area contributed by atoms with Gasteiger partial charge in [0.05, 0.1) is 0 Å². The van der Waals surface area contributed by atoms with E-state index in [2.05, 4.69) is 15.3 Å². The van der Waals surface area contributed by atoms with Gasteiger partial charge in [-0.1, -0.05) is 0 Å². The van der Waals surface area contributed by atoms with Gasteiger partial charge in [-0.05, 0) is 32.3 Å². The van der Waals surface area contributed by atoms with Gasteiger partial charge in [0.25, 0.3) is 0 Å². The summed E-state index contributed by atoms with van der Waals surface area (Å²) in [5, 5.41) is 3.31. The lowest BCUT2D eigenvalue weighted by atomic mass is 10.2. The first kappa shape index (κ1) is 9.40. The second kappa shape index (κ2) is 3.92. The molecule has 3 N–H and O–H groups in total. The molecule has 1 fully saturated rings. The van der Waals surface area contributed by atoms with Crippen molar-refractivity contribution < 1.29 is 0 Å². The van der Waals surface area contributed by atoms with Gasteiger partial charge in [-0.2, -0.15) is 0 Å². The lowest BCUT2D eigenvalue weighted by Gasteiger charge is -2.11. The molecule has 2 rings (SSSR count). The van der Waals surface area contributed by atoms with E-state index >= 15 is 0 Å². The van der Waals surface area contributed by atoms with Crippen LogP contribution in [0.2, 0.25) is 0 Å². The number of nitrogens with one attached hydrogen (secondary N) is 1. The van der Waals surface area contributed by atoms with Crippen LogP contribution in [0.4, 0.5) is 5.95 Å². The lowest BCUT2D eigenvalue weighted by molar-refractivity contribution is 0.685. The van der Waals surface area contributed by atoms with E-state index in [1.165, 1.54) is 0 Å². The predicted octanol–water partition coefficient (Wildman–Crippen LogP) is 1.08. The Bertz CT molecular complexity index is 313. The molecule has 1 aromatic heterocycles. The minimum atomic E-state index is 0.345. The van der Waals surface area contributed by atoms with Crippen LogP contribution >= 0.6 is 0 Å². The maximum Gasteiger partial charge on any atom is 0.223 e. The first-order valence-corrected chi connectivity index (χ1v) is 5.06. The van der Waals surface area contributed by atoms with E-state index in [0.29, 0.717) is 12.1 Å². The van der Waals surface area contributed by atoms with Crippen molar-refractivity contribution >= 4 is 5.95 Å². The van der Waals surface area contributed by atoms with Crippen LogP contribution in [0.25, 0.3) is 0 Å². The van der Waals surface area contributed by atoms with E-state index in [4.69, 9.17) is 5.73 Å². The molecule has 1 aromatic rings. The molecule has 0 saturated heterocycles. The van der Waals surface area contributed by atoms with Crippen molar-refractivity contribution in [1.29, 1.82) is 0 Å². The summed E-state index contributed by atoms with van der Waals surface area (Å²) < 4.78 is 0. The Morgan fingerprint density at radius 2 is 2.36 bits per heavy atom. The van der Waals surface area contributed by atoms with Crippen molar-refractivity contribution in [2.24, 2.45) is 5.73 Å². The molecule has 4 heteroatoms. The fraction of sp³-hybridized carbons (Fsp3) is 0.600. The number of nitrogens with two attached hydrogens (primary N) is 1. The summed E-state index contributed by atoms with van der Waals surface area (Å²) in [7, 11) is 0. The van der Waals surface area contributed by atoms with E-state index in [0.717, 1.165) is 30.9 Å². The minimum absolute atomic E-state index is 0.345. The van der Waals surface area contributed by atoms with Crippen LogP contribution in [0.5, 0.6) is 0 Å². The average molecular weight is 192 g/mol. The summed E-state index contributed by atoms with van der Waals surface area (Å²) >= 11 is 0. The van der Waals surface area contributed by atoms with Gasteiger partial charge in [0.2, 0.25) is 5.95 Å². The van der Waals surface area contributed by atoms with Gasteiger partial charge in [-0.25, -0.2) is 9.97 Å². The summed E-state index contributed by atoms with van der Waals surface area (Å²) in [6.45, 7) is 1.97. The van der Waals surface area contributed by atoms with Crippen molar-refractivity contribution in [2.45, 2.75) is 38.3 Å². The molecule has 0 amide bonds. The number of rotatable bonds is 2. The second-order valence-electron chi connectivity index (χ2n) is 3.94. The molecule has 0 bridgehead atoms. The highest BCUT2D eigenvalue weighted by molar-refractivity contribution is 5.27. The van der Waals surface area contributed by atoms with Gasteiger partial charge in [0.15, 0.2) is 0 Å². The smallest absolute Gasteiger partial charge is 0.223 e. The minimum Gasteiger partial charge on any atom is -0.351 e. The molecular weight excluding hydrogens is 176 g/mol. The van der Waals surface area contributed by atoms with E-state index in [1.54, 1.807) is 6.20 Å². The highest BCUT2D eigenvalue weighted by Gasteiger charge is 2.21. The largest absolute Gasteiger partial charge is 0.351 e. The van der Waals surface area contributed by atoms with Gasteiger partial charge in [-0.3, -0.25) is 0 Å². The SMILES string of the molecule is Cc1ccnc(NC2CCC(N)C2)n1. The molecule has 1 heterocycles. The maximum atomic E-state index is 5.83. The second-order valence-corrected chi connectivity index (χ2v) is 3.94. The Morgan fingerprint density at radius 3 is 3.00 bits per heavy atom. The molecule has 0 spiro atoms. The monoisotopic (exact) mass is 192 g/mol. The molecule has 0 radical (unpaired) electrons. The van der Waals surface area contributed by atoms with Crippen molar-refractivity contribution in [2.75, 3.05) is 5.32 Å².